The smallest absolute Gasteiger partial charge is 0.344 e. The Balaban J connectivity index is 1.79. The van der Waals surface area contributed by atoms with Crippen LogP contribution in [0.5, 0.6) is 5.75 Å². The number of hydrogen-bond acceptors (Lipinski definition) is 4. The lowest BCUT2D eigenvalue weighted by Crippen LogP contribution is -2.15. The quantitative estimate of drug-likeness (QED) is 0.356. The highest BCUT2D eigenvalue weighted by Gasteiger charge is 2.07. The first-order chi connectivity index (χ1) is 11.7. The summed E-state index contributed by atoms with van der Waals surface area (Å²) >= 11 is 7.69. The molecule has 2 rings (SSSR count). The van der Waals surface area contributed by atoms with Crippen molar-refractivity contribution in [2.45, 2.75) is 24.7 Å². The van der Waals surface area contributed by atoms with Crippen LogP contribution in [0.4, 0.5) is 0 Å². The van der Waals surface area contributed by atoms with Crippen LogP contribution in [0.1, 0.15) is 18.9 Å². The average Bonchev–Trinajstić information content (AvgIpc) is 2.59. The molecule has 0 aliphatic carbocycles. The number of para-hydroxylation sites is 1. The lowest BCUT2D eigenvalue weighted by Gasteiger charge is -2.11. The van der Waals surface area contributed by atoms with Crippen LogP contribution in [0.3, 0.4) is 0 Å². The minimum Gasteiger partial charge on any atom is -0.482 e. The van der Waals surface area contributed by atoms with Crippen LogP contribution in [0.2, 0.25) is 5.02 Å². The number of esters is 1. The van der Waals surface area contributed by atoms with Crippen LogP contribution in [0.15, 0.2) is 53.4 Å². The SMILES string of the molecule is CCOC(=O)COc1ccccc1CCCSc1ccc(Cl)cc1. The monoisotopic (exact) mass is 364 g/mol. The van der Waals surface area contributed by atoms with Crippen molar-refractivity contribution in [2.75, 3.05) is 19.0 Å². The highest BCUT2D eigenvalue weighted by Crippen LogP contribution is 2.24. The third-order valence-electron chi connectivity index (χ3n) is 3.30. The molecule has 2 aromatic carbocycles. The van der Waals surface area contributed by atoms with Gasteiger partial charge in [0.05, 0.1) is 6.61 Å². The van der Waals surface area contributed by atoms with Gasteiger partial charge in [-0.05, 0) is 61.4 Å². The van der Waals surface area contributed by atoms with E-state index < -0.39 is 0 Å². The van der Waals surface area contributed by atoms with Gasteiger partial charge in [0.2, 0.25) is 0 Å². The van der Waals surface area contributed by atoms with Gasteiger partial charge in [0.1, 0.15) is 5.75 Å². The largest absolute Gasteiger partial charge is 0.482 e. The fourth-order valence-corrected chi connectivity index (χ4v) is 3.15. The van der Waals surface area contributed by atoms with Gasteiger partial charge in [-0.2, -0.15) is 0 Å². The van der Waals surface area contributed by atoms with Gasteiger partial charge in [-0.3, -0.25) is 0 Å². The Morgan fingerprint density at radius 1 is 1.12 bits per heavy atom. The molecule has 128 valence electrons. The molecule has 24 heavy (non-hydrogen) atoms. The first-order valence-electron chi connectivity index (χ1n) is 7.93. The minimum absolute atomic E-state index is 0.0512. The Hall–Kier alpha value is -1.65. The third-order valence-corrected chi connectivity index (χ3v) is 4.65. The number of thioether (sulfide) groups is 1. The molecule has 0 bridgehead atoms. The predicted molar refractivity (Wildman–Crippen MR) is 99.1 cm³/mol. The van der Waals surface area contributed by atoms with Gasteiger partial charge in [0.25, 0.3) is 0 Å². The van der Waals surface area contributed by atoms with Gasteiger partial charge < -0.3 is 9.47 Å². The van der Waals surface area contributed by atoms with Crippen LogP contribution in [-0.2, 0) is 16.0 Å². The third kappa shape index (κ3) is 6.46. The fraction of sp³-hybridized carbons (Fsp3) is 0.316. The summed E-state index contributed by atoms with van der Waals surface area (Å²) < 4.78 is 10.5. The van der Waals surface area contributed by atoms with E-state index in [4.69, 9.17) is 21.1 Å². The number of carbonyl (C=O) groups excluding carboxylic acids is 1. The second-order valence-electron chi connectivity index (χ2n) is 5.11. The molecule has 0 unspecified atom stereocenters. The van der Waals surface area contributed by atoms with Crippen LogP contribution < -0.4 is 4.74 Å². The zero-order valence-electron chi connectivity index (χ0n) is 13.7. The maximum Gasteiger partial charge on any atom is 0.344 e. The summed E-state index contributed by atoms with van der Waals surface area (Å²) in [5, 5.41) is 0.757. The Morgan fingerprint density at radius 3 is 2.62 bits per heavy atom. The summed E-state index contributed by atoms with van der Waals surface area (Å²) in [6, 6.07) is 15.7. The first-order valence-corrected chi connectivity index (χ1v) is 9.30. The van der Waals surface area contributed by atoms with E-state index in [1.807, 2.05) is 48.5 Å². The molecule has 0 radical (unpaired) electrons. The van der Waals surface area contributed by atoms with E-state index in [-0.39, 0.29) is 12.6 Å². The van der Waals surface area contributed by atoms with Crippen LogP contribution in [0.25, 0.3) is 0 Å². The molecular weight excluding hydrogens is 344 g/mol. The number of halogens is 1. The van der Waals surface area contributed by atoms with E-state index in [0.29, 0.717) is 6.61 Å². The molecule has 0 N–H and O–H groups in total. The summed E-state index contributed by atoms with van der Waals surface area (Å²) in [4.78, 5) is 12.6. The Morgan fingerprint density at radius 2 is 1.88 bits per heavy atom. The van der Waals surface area contributed by atoms with Crippen molar-refractivity contribution in [1.29, 1.82) is 0 Å². The molecule has 3 nitrogen and oxygen atoms in total. The number of hydrogen-bond donors (Lipinski definition) is 0. The second kappa shape index (κ2) is 10.3. The molecule has 0 saturated heterocycles. The molecule has 0 aliphatic heterocycles. The minimum atomic E-state index is -0.342. The zero-order valence-corrected chi connectivity index (χ0v) is 15.2. The molecule has 0 spiro atoms. The topological polar surface area (TPSA) is 35.5 Å². The number of ether oxygens (including phenoxy) is 2. The average molecular weight is 365 g/mol. The molecule has 0 aliphatic rings. The molecule has 5 heteroatoms. The Kier molecular flexibility index (Phi) is 7.99. The van der Waals surface area contributed by atoms with Gasteiger partial charge in [-0.15, -0.1) is 11.8 Å². The van der Waals surface area contributed by atoms with Crippen LogP contribution in [-0.4, -0.2) is 24.9 Å². The summed E-state index contributed by atoms with van der Waals surface area (Å²) in [6.07, 6.45) is 1.92. The van der Waals surface area contributed by atoms with E-state index >= 15 is 0 Å². The summed E-state index contributed by atoms with van der Waals surface area (Å²) in [6.45, 7) is 2.10. The van der Waals surface area contributed by atoms with Crippen molar-refractivity contribution in [1.82, 2.24) is 0 Å². The lowest BCUT2D eigenvalue weighted by atomic mass is 10.1. The van der Waals surface area contributed by atoms with E-state index in [9.17, 15) is 4.79 Å². The van der Waals surface area contributed by atoms with Crippen molar-refractivity contribution < 1.29 is 14.3 Å². The van der Waals surface area contributed by atoms with E-state index in [2.05, 4.69) is 0 Å². The van der Waals surface area contributed by atoms with Crippen molar-refractivity contribution >= 4 is 29.3 Å². The van der Waals surface area contributed by atoms with E-state index in [0.717, 1.165) is 34.9 Å². The van der Waals surface area contributed by atoms with Gasteiger partial charge in [-0.25, -0.2) is 4.79 Å². The lowest BCUT2D eigenvalue weighted by molar-refractivity contribution is -0.145. The normalized spacial score (nSPS) is 10.4. The maximum atomic E-state index is 11.4. The number of rotatable bonds is 9. The molecule has 0 heterocycles. The molecule has 0 fully saturated rings. The van der Waals surface area contributed by atoms with Gasteiger partial charge >= 0.3 is 5.97 Å². The number of aryl methyl sites for hydroxylation is 1. The van der Waals surface area contributed by atoms with E-state index in [1.165, 1.54) is 4.90 Å². The highest BCUT2D eigenvalue weighted by molar-refractivity contribution is 7.99. The first kappa shape index (κ1) is 18.7. The molecule has 0 amide bonds. The van der Waals surface area contributed by atoms with Crippen molar-refractivity contribution in [3.8, 4) is 5.75 Å². The molecule has 0 atom stereocenters. The molecule has 0 aromatic heterocycles. The predicted octanol–water partition coefficient (Wildman–Crippen LogP) is 5.01. The fourth-order valence-electron chi connectivity index (χ4n) is 2.17. The standard InChI is InChI=1S/C19H21ClO3S/c1-2-22-19(21)14-23-18-8-4-3-6-15(18)7-5-13-24-17-11-9-16(20)10-12-17/h3-4,6,8-12H,2,5,7,13-14H2,1H3. The summed E-state index contributed by atoms with van der Waals surface area (Å²) in [5.41, 5.74) is 1.11. The van der Waals surface area contributed by atoms with Crippen LogP contribution >= 0.6 is 23.4 Å². The van der Waals surface area contributed by atoms with Crippen LogP contribution in [0, 0.1) is 0 Å². The number of carbonyl (C=O) groups is 1. The number of benzene rings is 2. The Bertz CT molecular complexity index is 643. The molecular formula is C19H21ClO3S. The molecule has 0 saturated carbocycles. The molecule has 2 aromatic rings. The van der Waals surface area contributed by atoms with Crippen molar-refractivity contribution in [3.05, 3.63) is 59.1 Å². The highest BCUT2D eigenvalue weighted by atomic mass is 35.5. The second-order valence-corrected chi connectivity index (χ2v) is 6.71. The zero-order chi connectivity index (χ0) is 17.2. The van der Waals surface area contributed by atoms with Gasteiger partial charge in [0, 0.05) is 9.92 Å². The summed E-state index contributed by atoms with van der Waals surface area (Å²) in [7, 11) is 0. The van der Waals surface area contributed by atoms with Crippen molar-refractivity contribution in [2.24, 2.45) is 0 Å². The van der Waals surface area contributed by atoms with Crippen molar-refractivity contribution in [3.63, 3.8) is 0 Å². The van der Waals surface area contributed by atoms with Gasteiger partial charge in [-0.1, -0.05) is 29.8 Å². The van der Waals surface area contributed by atoms with Gasteiger partial charge in [0.15, 0.2) is 6.61 Å². The maximum absolute atomic E-state index is 11.4. The Labute approximate surface area is 152 Å². The van der Waals surface area contributed by atoms with E-state index in [1.54, 1.807) is 18.7 Å². The summed E-state index contributed by atoms with van der Waals surface area (Å²) in [5.74, 6) is 1.42.